The zero-order valence-electron chi connectivity index (χ0n) is 12.7. The first-order valence-corrected chi connectivity index (χ1v) is 8.65. The Hall–Kier alpha value is -2.15. The molecule has 0 atom stereocenters. The maximum Gasteiger partial charge on any atom is 0.229 e. The van der Waals surface area contributed by atoms with Crippen LogP contribution in [0.2, 0.25) is 0 Å². The average Bonchev–Trinajstić information content (AvgIpc) is 2.97. The quantitative estimate of drug-likeness (QED) is 0.789. The number of anilines is 1. The van der Waals surface area contributed by atoms with Crippen molar-refractivity contribution < 1.29 is 9.59 Å². The van der Waals surface area contributed by atoms with Crippen LogP contribution in [0.3, 0.4) is 0 Å². The fraction of sp³-hybridized carbons (Fsp3) is 0.438. The highest BCUT2D eigenvalue weighted by Gasteiger charge is 2.37. The summed E-state index contributed by atoms with van der Waals surface area (Å²) in [5.41, 5.74) is 1.02. The summed E-state index contributed by atoms with van der Waals surface area (Å²) in [7, 11) is 0. The third-order valence-corrected chi connectivity index (χ3v) is 5.66. The molecule has 0 unspecified atom stereocenters. The maximum absolute atomic E-state index is 12.5. The number of carbonyl (C=O) groups is 2. The molecule has 0 bridgehead atoms. The molecule has 0 spiro atoms. The molecule has 23 heavy (non-hydrogen) atoms. The Kier molecular flexibility index (Phi) is 3.65. The summed E-state index contributed by atoms with van der Waals surface area (Å²) in [5.74, 6) is 0.276. The number of amides is 2. The minimum absolute atomic E-state index is 0.0600. The lowest BCUT2D eigenvalue weighted by Crippen LogP contribution is -2.57. The van der Waals surface area contributed by atoms with Gasteiger partial charge in [-0.15, -0.1) is 0 Å². The molecule has 0 saturated carbocycles. The second kappa shape index (κ2) is 5.81. The summed E-state index contributed by atoms with van der Waals surface area (Å²) in [4.78, 5) is 33.6. The topological polar surface area (TPSA) is 56.8 Å². The zero-order valence-corrected chi connectivity index (χ0v) is 13.5. The summed E-state index contributed by atoms with van der Waals surface area (Å²) in [6.07, 6.45) is 0.861. The number of fused-ring (bicyclic) bond motifs is 1. The fourth-order valence-corrected chi connectivity index (χ4v) is 4.08. The highest BCUT2D eigenvalue weighted by atomic mass is 32.1. The number of carbonyl (C=O) groups excluding carboxylic acids is 2. The van der Waals surface area contributed by atoms with E-state index in [-0.39, 0.29) is 11.8 Å². The summed E-state index contributed by atoms with van der Waals surface area (Å²) < 4.78 is 1.18. The molecule has 2 amide bonds. The Morgan fingerprint density at radius 3 is 2.61 bits per heavy atom. The summed E-state index contributed by atoms with van der Waals surface area (Å²) in [6, 6.07) is 8.11. The Morgan fingerprint density at radius 1 is 1.17 bits per heavy atom. The number of para-hydroxylation sites is 1. The summed E-state index contributed by atoms with van der Waals surface area (Å²) in [6.45, 7) is 4.07. The first-order chi connectivity index (χ1) is 11.2. The maximum atomic E-state index is 12.5. The number of thiazole rings is 1. The molecule has 120 valence electrons. The molecule has 2 aromatic rings. The highest BCUT2D eigenvalue weighted by Crippen LogP contribution is 2.33. The Bertz CT molecular complexity index is 700. The van der Waals surface area contributed by atoms with Gasteiger partial charge in [0.15, 0.2) is 5.13 Å². The minimum atomic E-state index is 0.0600. The van der Waals surface area contributed by atoms with Gasteiger partial charge in [-0.05, 0) is 12.1 Å². The van der Waals surface area contributed by atoms with Crippen LogP contribution >= 0.6 is 11.3 Å². The largest absolute Gasteiger partial charge is 0.346 e. The number of aromatic nitrogens is 1. The van der Waals surface area contributed by atoms with E-state index in [1.165, 1.54) is 4.70 Å². The number of benzene rings is 1. The van der Waals surface area contributed by atoms with Gasteiger partial charge in [0, 0.05) is 39.3 Å². The van der Waals surface area contributed by atoms with Crippen LogP contribution in [0, 0.1) is 5.92 Å². The summed E-state index contributed by atoms with van der Waals surface area (Å²) >= 11 is 1.68. The van der Waals surface area contributed by atoms with Crippen LogP contribution in [0.5, 0.6) is 0 Å². The lowest BCUT2D eigenvalue weighted by atomic mass is 9.99. The monoisotopic (exact) mass is 330 g/mol. The second-order valence-electron chi connectivity index (χ2n) is 6.03. The van der Waals surface area contributed by atoms with Gasteiger partial charge in [-0.1, -0.05) is 23.5 Å². The number of rotatable bonds is 3. The molecule has 4 rings (SSSR count). The molecule has 6 nitrogen and oxygen atoms in total. The van der Waals surface area contributed by atoms with E-state index < -0.39 is 0 Å². The lowest BCUT2D eigenvalue weighted by molar-refractivity contribution is -0.139. The van der Waals surface area contributed by atoms with Gasteiger partial charge in [0.1, 0.15) is 0 Å². The normalized spacial score (nSPS) is 19.0. The van der Waals surface area contributed by atoms with Crippen molar-refractivity contribution in [1.29, 1.82) is 0 Å². The van der Waals surface area contributed by atoms with Crippen LogP contribution < -0.4 is 4.90 Å². The third kappa shape index (κ3) is 2.65. The Balaban J connectivity index is 1.35. The smallest absolute Gasteiger partial charge is 0.229 e. The molecule has 1 aromatic carbocycles. The number of piperazine rings is 1. The molecule has 7 heteroatoms. The van der Waals surface area contributed by atoms with Crippen LogP contribution in [0.4, 0.5) is 5.13 Å². The van der Waals surface area contributed by atoms with Crippen LogP contribution in [-0.2, 0) is 9.59 Å². The van der Waals surface area contributed by atoms with Crippen LogP contribution in [0.1, 0.15) is 0 Å². The minimum Gasteiger partial charge on any atom is -0.346 e. The standard InChI is InChI=1S/C16H18N4O2S/c21-11-18-5-7-19(8-6-18)15(22)12-9-20(10-12)16-17-13-3-1-2-4-14(13)23-16/h1-4,11-12H,5-10H2. The lowest BCUT2D eigenvalue weighted by Gasteiger charge is -2.42. The van der Waals surface area contributed by atoms with Crippen LogP contribution in [0.25, 0.3) is 10.2 Å². The number of hydrogen-bond acceptors (Lipinski definition) is 5. The molecule has 2 aliphatic heterocycles. The average molecular weight is 330 g/mol. The van der Waals surface area contributed by atoms with Gasteiger partial charge in [0.05, 0.1) is 16.1 Å². The molecular weight excluding hydrogens is 312 g/mol. The first kappa shape index (κ1) is 14.4. The van der Waals surface area contributed by atoms with Crippen molar-refractivity contribution in [1.82, 2.24) is 14.8 Å². The fourth-order valence-electron chi connectivity index (χ4n) is 3.09. The molecule has 0 N–H and O–H groups in total. The van der Waals surface area contributed by atoms with E-state index >= 15 is 0 Å². The first-order valence-electron chi connectivity index (χ1n) is 7.83. The van der Waals surface area contributed by atoms with Crippen molar-refractivity contribution in [3.63, 3.8) is 0 Å². The van der Waals surface area contributed by atoms with Gasteiger partial charge in [0.25, 0.3) is 0 Å². The zero-order chi connectivity index (χ0) is 15.8. The van der Waals surface area contributed by atoms with Gasteiger partial charge in [0.2, 0.25) is 12.3 Å². The van der Waals surface area contributed by atoms with Crippen molar-refractivity contribution in [2.45, 2.75) is 0 Å². The third-order valence-electron chi connectivity index (χ3n) is 4.56. The van der Waals surface area contributed by atoms with Gasteiger partial charge in [-0.2, -0.15) is 0 Å². The number of hydrogen-bond donors (Lipinski definition) is 0. The van der Waals surface area contributed by atoms with Gasteiger partial charge >= 0.3 is 0 Å². The molecular formula is C16H18N4O2S. The molecule has 2 saturated heterocycles. The van der Waals surface area contributed by atoms with E-state index in [4.69, 9.17) is 0 Å². The van der Waals surface area contributed by atoms with Crippen LogP contribution in [0.15, 0.2) is 24.3 Å². The highest BCUT2D eigenvalue weighted by molar-refractivity contribution is 7.22. The molecule has 1 aromatic heterocycles. The van der Waals surface area contributed by atoms with Gasteiger partial charge in [-0.3, -0.25) is 9.59 Å². The predicted molar refractivity (Wildman–Crippen MR) is 89.5 cm³/mol. The summed E-state index contributed by atoms with van der Waals surface area (Å²) in [5, 5.41) is 1.00. The molecule has 2 aliphatic rings. The molecule has 2 fully saturated rings. The van der Waals surface area contributed by atoms with E-state index in [1.807, 2.05) is 23.1 Å². The predicted octanol–water partition coefficient (Wildman–Crippen LogP) is 1.03. The van der Waals surface area contributed by atoms with Gasteiger partial charge in [-0.25, -0.2) is 4.98 Å². The molecule has 0 radical (unpaired) electrons. The molecule has 3 heterocycles. The Morgan fingerprint density at radius 2 is 1.91 bits per heavy atom. The second-order valence-corrected chi connectivity index (χ2v) is 7.04. The Labute approximate surface area is 138 Å². The van der Waals surface area contributed by atoms with Crippen molar-refractivity contribution in [2.75, 3.05) is 44.2 Å². The van der Waals surface area contributed by atoms with Crippen molar-refractivity contribution >= 4 is 39.0 Å². The van der Waals surface area contributed by atoms with E-state index in [2.05, 4.69) is 16.0 Å². The molecule has 0 aliphatic carbocycles. The van der Waals surface area contributed by atoms with Crippen LogP contribution in [-0.4, -0.2) is 66.4 Å². The van der Waals surface area contributed by atoms with Crippen molar-refractivity contribution in [3.8, 4) is 0 Å². The number of nitrogens with zero attached hydrogens (tertiary/aromatic N) is 4. The van der Waals surface area contributed by atoms with E-state index in [0.29, 0.717) is 26.2 Å². The van der Waals surface area contributed by atoms with Crippen molar-refractivity contribution in [3.05, 3.63) is 24.3 Å². The SMILES string of the molecule is O=CN1CCN(C(=O)C2CN(c3nc4ccccc4s3)C2)CC1. The van der Waals surface area contributed by atoms with Crippen molar-refractivity contribution in [2.24, 2.45) is 5.92 Å². The van der Waals surface area contributed by atoms with Gasteiger partial charge < -0.3 is 14.7 Å². The van der Waals surface area contributed by atoms with E-state index in [0.717, 1.165) is 30.1 Å². The van der Waals surface area contributed by atoms with E-state index in [1.54, 1.807) is 16.2 Å². The van der Waals surface area contributed by atoms with E-state index in [9.17, 15) is 9.59 Å².